The van der Waals surface area contributed by atoms with E-state index < -0.39 is 23.2 Å². The standard InChI is InChI=1S/C23H24F2O5/c1-2-28-22(26)16-8-10-17(11-9-16)30-19-13-12-18(20(24)21(19)25)23(27)29-14-15-6-4-3-5-7-15/h3-7,12-13,16-17H,2,8-11,14H2,1H3. The fourth-order valence-electron chi connectivity index (χ4n) is 3.44. The van der Waals surface area contributed by atoms with E-state index in [0.29, 0.717) is 32.3 Å². The first-order valence-electron chi connectivity index (χ1n) is 10.0. The molecule has 0 aliphatic heterocycles. The Labute approximate surface area is 173 Å². The zero-order valence-electron chi connectivity index (χ0n) is 16.7. The monoisotopic (exact) mass is 418 g/mol. The number of esters is 2. The van der Waals surface area contributed by atoms with E-state index in [1.54, 1.807) is 31.2 Å². The molecule has 0 bridgehead atoms. The van der Waals surface area contributed by atoms with Crippen LogP contribution in [0.15, 0.2) is 42.5 Å². The molecule has 0 radical (unpaired) electrons. The third-order valence-electron chi connectivity index (χ3n) is 5.07. The molecule has 1 aliphatic carbocycles. The van der Waals surface area contributed by atoms with Gasteiger partial charge in [0.25, 0.3) is 0 Å². The molecule has 160 valence electrons. The van der Waals surface area contributed by atoms with Crippen LogP contribution in [0, 0.1) is 17.6 Å². The van der Waals surface area contributed by atoms with Gasteiger partial charge in [0.15, 0.2) is 11.6 Å². The number of hydrogen-bond acceptors (Lipinski definition) is 5. The molecule has 3 rings (SSSR count). The second-order valence-corrected chi connectivity index (χ2v) is 7.14. The Balaban J connectivity index is 1.58. The highest BCUT2D eigenvalue weighted by Gasteiger charge is 2.29. The van der Waals surface area contributed by atoms with Crippen LogP contribution in [0.3, 0.4) is 0 Å². The summed E-state index contributed by atoms with van der Waals surface area (Å²) in [4.78, 5) is 23.9. The molecule has 2 aromatic carbocycles. The molecule has 2 aromatic rings. The Morgan fingerprint density at radius 1 is 0.933 bits per heavy atom. The summed E-state index contributed by atoms with van der Waals surface area (Å²) in [5.74, 6) is -4.15. The van der Waals surface area contributed by atoms with Crippen molar-refractivity contribution in [1.29, 1.82) is 0 Å². The van der Waals surface area contributed by atoms with Crippen LogP contribution >= 0.6 is 0 Å². The van der Waals surface area contributed by atoms with Crippen LogP contribution in [-0.2, 0) is 20.9 Å². The predicted molar refractivity (Wildman–Crippen MR) is 105 cm³/mol. The van der Waals surface area contributed by atoms with Gasteiger partial charge >= 0.3 is 11.9 Å². The maximum absolute atomic E-state index is 14.5. The van der Waals surface area contributed by atoms with Crippen molar-refractivity contribution in [3.05, 3.63) is 65.2 Å². The summed E-state index contributed by atoms with van der Waals surface area (Å²) >= 11 is 0. The van der Waals surface area contributed by atoms with E-state index in [0.717, 1.165) is 11.6 Å². The number of ether oxygens (including phenoxy) is 3. The van der Waals surface area contributed by atoms with Gasteiger partial charge in [-0.25, -0.2) is 9.18 Å². The normalized spacial score (nSPS) is 18.5. The average Bonchev–Trinajstić information content (AvgIpc) is 2.77. The Kier molecular flexibility index (Phi) is 7.38. The van der Waals surface area contributed by atoms with Gasteiger partial charge in [0.05, 0.1) is 24.2 Å². The fourth-order valence-corrected chi connectivity index (χ4v) is 3.44. The largest absolute Gasteiger partial charge is 0.487 e. The Morgan fingerprint density at radius 3 is 2.30 bits per heavy atom. The molecule has 1 aliphatic rings. The first-order chi connectivity index (χ1) is 14.5. The van der Waals surface area contributed by atoms with Crippen molar-refractivity contribution in [2.24, 2.45) is 5.92 Å². The summed E-state index contributed by atoms with van der Waals surface area (Å²) in [7, 11) is 0. The Bertz CT molecular complexity index is 877. The summed E-state index contributed by atoms with van der Waals surface area (Å²) in [5, 5.41) is 0. The topological polar surface area (TPSA) is 61.8 Å². The van der Waals surface area contributed by atoms with Crippen LogP contribution in [0.2, 0.25) is 0 Å². The van der Waals surface area contributed by atoms with E-state index in [2.05, 4.69) is 0 Å². The van der Waals surface area contributed by atoms with Gasteiger partial charge in [-0.15, -0.1) is 0 Å². The summed E-state index contributed by atoms with van der Waals surface area (Å²) in [6.45, 7) is 2.05. The van der Waals surface area contributed by atoms with Crippen molar-refractivity contribution >= 4 is 11.9 Å². The van der Waals surface area contributed by atoms with Crippen LogP contribution < -0.4 is 4.74 Å². The zero-order valence-corrected chi connectivity index (χ0v) is 16.7. The van der Waals surface area contributed by atoms with Gasteiger partial charge in [-0.2, -0.15) is 4.39 Å². The summed E-state index contributed by atoms with van der Waals surface area (Å²) < 4.78 is 44.6. The third-order valence-corrected chi connectivity index (χ3v) is 5.07. The van der Waals surface area contributed by atoms with Gasteiger partial charge in [0.2, 0.25) is 5.82 Å². The van der Waals surface area contributed by atoms with E-state index in [9.17, 15) is 18.4 Å². The van der Waals surface area contributed by atoms with Crippen molar-refractivity contribution in [3.63, 3.8) is 0 Å². The highest BCUT2D eigenvalue weighted by Crippen LogP contribution is 2.31. The van der Waals surface area contributed by atoms with Gasteiger partial charge in [-0.3, -0.25) is 4.79 Å². The smallest absolute Gasteiger partial charge is 0.341 e. The molecule has 1 saturated carbocycles. The maximum Gasteiger partial charge on any atom is 0.341 e. The quantitative estimate of drug-likeness (QED) is 0.603. The van der Waals surface area contributed by atoms with E-state index in [1.807, 2.05) is 6.07 Å². The predicted octanol–water partition coefficient (Wildman–Crippen LogP) is 4.82. The fraction of sp³-hybridized carbons (Fsp3) is 0.391. The summed E-state index contributed by atoms with van der Waals surface area (Å²) in [6.07, 6.45) is 1.87. The molecule has 0 N–H and O–H groups in total. The second-order valence-electron chi connectivity index (χ2n) is 7.14. The first kappa shape index (κ1) is 21.7. The number of carbonyl (C=O) groups excluding carboxylic acids is 2. The molecular weight excluding hydrogens is 394 g/mol. The lowest BCUT2D eigenvalue weighted by atomic mass is 9.87. The van der Waals surface area contributed by atoms with Crippen LogP contribution in [0.5, 0.6) is 5.75 Å². The first-order valence-corrected chi connectivity index (χ1v) is 10.0. The molecule has 0 atom stereocenters. The molecule has 0 aromatic heterocycles. The van der Waals surface area contributed by atoms with Crippen molar-refractivity contribution < 1.29 is 32.6 Å². The Morgan fingerprint density at radius 2 is 1.63 bits per heavy atom. The summed E-state index contributed by atoms with van der Waals surface area (Å²) in [6, 6.07) is 11.3. The minimum atomic E-state index is -1.30. The van der Waals surface area contributed by atoms with Crippen molar-refractivity contribution in [1.82, 2.24) is 0 Å². The molecule has 0 spiro atoms. The Hall–Kier alpha value is -2.96. The van der Waals surface area contributed by atoms with Crippen molar-refractivity contribution in [2.45, 2.75) is 45.3 Å². The highest BCUT2D eigenvalue weighted by molar-refractivity contribution is 5.90. The molecule has 0 unspecified atom stereocenters. The minimum absolute atomic E-state index is 0.0390. The molecule has 0 amide bonds. The van der Waals surface area contributed by atoms with E-state index >= 15 is 0 Å². The van der Waals surface area contributed by atoms with Crippen LogP contribution in [0.1, 0.15) is 48.5 Å². The SMILES string of the molecule is CCOC(=O)C1CCC(Oc2ccc(C(=O)OCc3ccccc3)c(F)c2F)CC1. The highest BCUT2D eigenvalue weighted by atomic mass is 19.2. The summed E-state index contributed by atoms with van der Waals surface area (Å²) in [5.41, 5.74) is 0.256. The molecule has 30 heavy (non-hydrogen) atoms. The van der Waals surface area contributed by atoms with Crippen LogP contribution in [0.25, 0.3) is 0 Å². The second kappa shape index (κ2) is 10.2. The van der Waals surface area contributed by atoms with Crippen molar-refractivity contribution in [3.8, 4) is 5.75 Å². The lowest BCUT2D eigenvalue weighted by Gasteiger charge is -2.28. The van der Waals surface area contributed by atoms with E-state index in [-0.39, 0.29) is 30.3 Å². The average molecular weight is 418 g/mol. The third kappa shape index (κ3) is 5.34. The van der Waals surface area contributed by atoms with E-state index in [4.69, 9.17) is 14.2 Å². The van der Waals surface area contributed by atoms with Gasteiger partial charge in [0.1, 0.15) is 6.61 Å². The number of hydrogen-bond donors (Lipinski definition) is 0. The van der Waals surface area contributed by atoms with Gasteiger partial charge in [-0.1, -0.05) is 30.3 Å². The lowest BCUT2D eigenvalue weighted by Crippen LogP contribution is -2.29. The van der Waals surface area contributed by atoms with Crippen LogP contribution in [-0.4, -0.2) is 24.6 Å². The number of halogens is 2. The van der Waals surface area contributed by atoms with Gasteiger partial charge < -0.3 is 14.2 Å². The molecule has 0 heterocycles. The number of carbonyl (C=O) groups is 2. The van der Waals surface area contributed by atoms with Gasteiger partial charge in [-0.05, 0) is 50.3 Å². The minimum Gasteiger partial charge on any atom is -0.487 e. The number of rotatable bonds is 7. The molecule has 0 saturated heterocycles. The molecule has 7 heteroatoms. The zero-order chi connectivity index (χ0) is 21.5. The van der Waals surface area contributed by atoms with Crippen LogP contribution in [0.4, 0.5) is 8.78 Å². The molecule has 1 fully saturated rings. The maximum atomic E-state index is 14.5. The molecule has 5 nitrogen and oxygen atoms in total. The molecular formula is C23H24F2O5. The van der Waals surface area contributed by atoms with E-state index in [1.165, 1.54) is 6.07 Å². The van der Waals surface area contributed by atoms with Crippen molar-refractivity contribution in [2.75, 3.05) is 6.61 Å². The number of benzene rings is 2. The lowest BCUT2D eigenvalue weighted by molar-refractivity contribution is -0.149. The van der Waals surface area contributed by atoms with Gasteiger partial charge in [0, 0.05) is 0 Å².